The van der Waals surface area contributed by atoms with Gasteiger partial charge in [0.2, 0.25) is 0 Å². The summed E-state index contributed by atoms with van der Waals surface area (Å²) < 4.78 is 3.69. The van der Waals surface area contributed by atoms with Crippen molar-refractivity contribution in [3.8, 4) is 0 Å². The Morgan fingerprint density at radius 3 is 2.45 bits per heavy atom. The van der Waals surface area contributed by atoms with Gasteiger partial charge in [-0.1, -0.05) is 19.3 Å². The van der Waals surface area contributed by atoms with Crippen molar-refractivity contribution < 1.29 is 9.90 Å². The second-order valence-corrected chi connectivity index (χ2v) is 5.91. The standard InChI is InChI=1S/C14H18N4O4/c1-16-8-15-10-9(16)11(19)18(13(22)17(10)2)14(12(20)21)6-4-3-5-7-14/h8H,3-7H2,1-2H3,(H,20,21). The van der Waals surface area contributed by atoms with Crippen LogP contribution in [-0.2, 0) is 24.4 Å². The summed E-state index contributed by atoms with van der Waals surface area (Å²) in [7, 11) is 3.16. The minimum absolute atomic E-state index is 0.244. The molecule has 1 aliphatic rings. The molecule has 8 nitrogen and oxygen atoms in total. The first-order valence-electron chi connectivity index (χ1n) is 7.27. The lowest BCUT2D eigenvalue weighted by molar-refractivity contribution is -0.150. The van der Waals surface area contributed by atoms with Crippen LogP contribution in [0.15, 0.2) is 15.9 Å². The van der Waals surface area contributed by atoms with Gasteiger partial charge < -0.3 is 9.67 Å². The van der Waals surface area contributed by atoms with E-state index < -0.39 is 22.8 Å². The number of aromatic nitrogens is 4. The van der Waals surface area contributed by atoms with E-state index in [9.17, 15) is 19.5 Å². The molecule has 0 amide bonds. The van der Waals surface area contributed by atoms with Crippen LogP contribution in [0.2, 0.25) is 0 Å². The summed E-state index contributed by atoms with van der Waals surface area (Å²) in [5.41, 5.74) is -2.15. The molecule has 0 bridgehead atoms. The number of carboxylic acid groups (broad SMARTS) is 1. The molecule has 0 unspecified atom stereocenters. The van der Waals surface area contributed by atoms with E-state index in [1.54, 1.807) is 7.05 Å². The predicted octanol–water partition coefficient (Wildman–Crippen LogP) is 0.178. The van der Waals surface area contributed by atoms with Crippen molar-refractivity contribution in [2.24, 2.45) is 14.1 Å². The number of carboxylic acids is 1. The van der Waals surface area contributed by atoms with Gasteiger partial charge in [-0.2, -0.15) is 0 Å². The van der Waals surface area contributed by atoms with E-state index in [-0.39, 0.29) is 11.2 Å². The van der Waals surface area contributed by atoms with Gasteiger partial charge in [0.1, 0.15) is 5.54 Å². The van der Waals surface area contributed by atoms with Crippen molar-refractivity contribution >= 4 is 17.1 Å². The van der Waals surface area contributed by atoms with Gasteiger partial charge in [-0.3, -0.25) is 9.36 Å². The summed E-state index contributed by atoms with van der Waals surface area (Å²) in [6.07, 6.45) is 4.32. The molecule has 2 aromatic heterocycles. The largest absolute Gasteiger partial charge is 0.479 e. The monoisotopic (exact) mass is 306 g/mol. The maximum Gasteiger partial charge on any atom is 0.333 e. The van der Waals surface area contributed by atoms with E-state index >= 15 is 0 Å². The summed E-state index contributed by atoms with van der Waals surface area (Å²) in [4.78, 5) is 41.4. The lowest BCUT2D eigenvalue weighted by atomic mass is 9.81. The third-order valence-corrected chi connectivity index (χ3v) is 4.63. The lowest BCUT2D eigenvalue weighted by Gasteiger charge is -2.34. The number of aliphatic carboxylic acids is 1. The first kappa shape index (κ1) is 14.6. The molecule has 1 N–H and O–H groups in total. The maximum atomic E-state index is 12.8. The summed E-state index contributed by atoms with van der Waals surface area (Å²) in [6, 6.07) is 0. The summed E-state index contributed by atoms with van der Waals surface area (Å²) in [6.45, 7) is 0. The molecule has 0 spiro atoms. The van der Waals surface area contributed by atoms with E-state index in [1.165, 1.54) is 22.5 Å². The van der Waals surface area contributed by atoms with E-state index in [0.29, 0.717) is 25.7 Å². The molecule has 2 aromatic rings. The van der Waals surface area contributed by atoms with Gasteiger partial charge in [-0.25, -0.2) is 19.1 Å². The van der Waals surface area contributed by atoms with Crippen LogP contribution in [0.25, 0.3) is 11.2 Å². The van der Waals surface area contributed by atoms with Crippen LogP contribution >= 0.6 is 0 Å². The first-order chi connectivity index (χ1) is 10.4. The van der Waals surface area contributed by atoms with E-state index in [0.717, 1.165) is 11.0 Å². The van der Waals surface area contributed by atoms with Gasteiger partial charge in [0.25, 0.3) is 5.56 Å². The summed E-state index contributed by atoms with van der Waals surface area (Å²) >= 11 is 0. The van der Waals surface area contributed by atoms with Crippen molar-refractivity contribution in [1.29, 1.82) is 0 Å². The third-order valence-electron chi connectivity index (χ3n) is 4.63. The van der Waals surface area contributed by atoms with Crippen LogP contribution in [0.4, 0.5) is 0 Å². The van der Waals surface area contributed by atoms with Crippen LogP contribution in [0.5, 0.6) is 0 Å². The fourth-order valence-corrected chi connectivity index (χ4v) is 3.39. The molecule has 3 rings (SSSR count). The highest BCUT2D eigenvalue weighted by atomic mass is 16.4. The lowest BCUT2D eigenvalue weighted by Crippen LogP contribution is -2.56. The van der Waals surface area contributed by atoms with Gasteiger partial charge in [0, 0.05) is 14.1 Å². The third kappa shape index (κ3) is 1.76. The van der Waals surface area contributed by atoms with Gasteiger partial charge in [-0.05, 0) is 12.8 Å². The molecule has 8 heteroatoms. The minimum atomic E-state index is -1.46. The van der Waals surface area contributed by atoms with E-state index in [2.05, 4.69) is 4.98 Å². The van der Waals surface area contributed by atoms with Gasteiger partial charge in [0.05, 0.1) is 6.33 Å². The Bertz CT molecular complexity index is 867. The molecule has 0 atom stereocenters. The Labute approximate surface area is 125 Å². The molecule has 1 fully saturated rings. The highest BCUT2D eigenvalue weighted by Crippen LogP contribution is 2.33. The average Bonchev–Trinajstić information content (AvgIpc) is 2.88. The minimum Gasteiger partial charge on any atom is -0.479 e. The molecule has 1 saturated carbocycles. The van der Waals surface area contributed by atoms with Crippen LogP contribution in [0, 0.1) is 0 Å². The van der Waals surface area contributed by atoms with Gasteiger partial charge in [-0.15, -0.1) is 0 Å². The molecule has 0 saturated heterocycles. The zero-order valence-corrected chi connectivity index (χ0v) is 12.6. The number of fused-ring (bicyclic) bond motifs is 1. The number of hydrogen-bond acceptors (Lipinski definition) is 4. The number of nitrogens with zero attached hydrogens (tertiary/aromatic N) is 4. The van der Waals surface area contributed by atoms with Gasteiger partial charge >= 0.3 is 11.7 Å². The summed E-state index contributed by atoms with van der Waals surface area (Å²) in [5.74, 6) is -1.12. The molecule has 118 valence electrons. The molecule has 0 aromatic carbocycles. The second kappa shape index (κ2) is 4.82. The van der Waals surface area contributed by atoms with Crippen LogP contribution in [0.1, 0.15) is 32.1 Å². The molecule has 0 aliphatic heterocycles. The van der Waals surface area contributed by atoms with E-state index in [1.807, 2.05) is 0 Å². The highest BCUT2D eigenvalue weighted by molar-refractivity contribution is 5.78. The summed E-state index contributed by atoms with van der Waals surface area (Å²) in [5, 5.41) is 9.74. The Morgan fingerprint density at radius 1 is 1.23 bits per heavy atom. The average molecular weight is 306 g/mol. The fourth-order valence-electron chi connectivity index (χ4n) is 3.39. The Kier molecular flexibility index (Phi) is 3.19. The van der Waals surface area contributed by atoms with Crippen molar-refractivity contribution in [2.45, 2.75) is 37.6 Å². The number of carbonyl (C=O) groups is 1. The van der Waals surface area contributed by atoms with Crippen molar-refractivity contribution in [3.63, 3.8) is 0 Å². The second-order valence-electron chi connectivity index (χ2n) is 5.91. The Hall–Kier alpha value is -2.38. The topological polar surface area (TPSA) is 99.1 Å². The first-order valence-corrected chi connectivity index (χ1v) is 7.27. The van der Waals surface area contributed by atoms with Crippen molar-refractivity contribution in [1.82, 2.24) is 18.7 Å². The predicted molar refractivity (Wildman–Crippen MR) is 78.9 cm³/mol. The molecule has 0 radical (unpaired) electrons. The van der Waals surface area contributed by atoms with Crippen molar-refractivity contribution in [2.75, 3.05) is 0 Å². The molecular weight excluding hydrogens is 288 g/mol. The highest BCUT2D eigenvalue weighted by Gasteiger charge is 2.44. The van der Waals surface area contributed by atoms with Crippen LogP contribution in [-0.4, -0.2) is 29.8 Å². The number of imidazole rings is 1. The SMILES string of the molecule is Cn1cnc2c1c(=O)n(C1(C(=O)O)CCCCC1)c(=O)n2C. The molecule has 2 heterocycles. The number of hydrogen-bond donors (Lipinski definition) is 1. The van der Waals surface area contributed by atoms with Crippen LogP contribution < -0.4 is 11.2 Å². The maximum absolute atomic E-state index is 12.8. The van der Waals surface area contributed by atoms with Crippen LogP contribution in [0.3, 0.4) is 0 Å². The van der Waals surface area contributed by atoms with E-state index in [4.69, 9.17) is 0 Å². The number of aryl methyl sites for hydroxylation is 2. The quantitative estimate of drug-likeness (QED) is 0.853. The van der Waals surface area contributed by atoms with Gasteiger partial charge in [0.15, 0.2) is 11.2 Å². The van der Waals surface area contributed by atoms with Crippen molar-refractivity contribution in [3.05, 3.63) is 27.2 Å². The Morgan fingerprint density at radius 2 is 1.86 bits per heavy atom. The smallest absolute Gasteiger partial charge is 0.333 e. The molecular formula is C14H18N4O4. The zero-order valence-electron chi connectivity index (χ0n) is 12.6. The fraction of sp³-hybridized carbons (Fsp3) is 0.571. The number of rotatable bonds is 2. The molecule has 22 heavy (non-hydrogen) atoms. The Balaban J connectivity index is 2.44. The zero-order chi connectivity index (χ0) is 16.1. The normalized spacial score (nSPS) is 17.7. The molecule has 1 aliphatic carbocycles.